The second-order valence-corrected chi connectivity index (χ2v) is 4.91. The highest BCUT2D eigenvalue weighted by molar-refractivity contribution is 5.74. The Morgan fingerprint density at radius 3 is 2.39 bits per heavy atom. The first-order chi connectivity index (χ1) is 8.45. The quantitative estimate of drug-likeness (QED) is 0.842. The zero-order valence-corrected chi connectivity index (χ0v) is 12.1. The summed E-state index contributed by atoms with van der Waals surface area (Å²) in [7, 11) is 0. The Kier molecular flexibility index (Phi) is 5.20. The van der Waals surface area contributed by atoms with Crippen LogP contribution in [0.1, 0.15) is 48.6 Å². The molecule has 1 rings (SSSR count). The lowest BCUT2D eigenvalue weighted by Crippen LogP contribution is -2.37. The van der Waals surface area contributed by atoms with Crippen molar-refractivity contribution in [3.63, 3.8) is 0 Å². The summed E-state index contributed by atoms with van der Waals surface area (Å²) in [4.78, 5) is 11.6. The summed E-state index contributed by atoms with van der Waals surface area (Å²) in [6.45, 7) is 11.1. The Hall–Kier alpha value is -1.51. The number of amides is 2. The fourth-order valence-electron chi connectivity index (χ4n) is 2.01. The first-order valence-electron chi connectivity index (χ1n) is 6.57. The van der Waals surface area contributed by atoms with Gasteiger partial charge in [0.25, 0.3) is 0 Å². The number of benzene rings is 1. The predicted molar refractivity (Wildman–Crippen MR) is 75.9 cm³/mol. The van der Waals surface area contributed by atoms with Crippen LogP contribution in [0.5, 0.6) is 0 Å². The summed E-state index contributed by atoms with van der Waals surface area (Å²) in [5.41, 5.74) is 4.96. The molecular weight excluding hydrogens is 224 g/mol. The van der Waals surface area contributed by atoms with Crippen molar-refractivity contribution in [2.24, 2.45) is 0 Å². The Labute approximate surface area is 110 Å². The summed E-state index contributed by atoms with van der Waals surface area (Å²) in [5.74, 6) is 0. The highest BCUT2D eigenvalue weighted by Crippen LogP contribution is 2.21. The fraction of sp³-hybridized carbons (Fsp3) is 0.533. The van der Waals surface area contributed by atoms with Crippen LogP contribution in [0.3, 0.4) is 0 Å². The maximum absolute atomic E-state index is 11.6. The van der Waals surface area contributed by atoms with E-state index in [0.717, 1.165) is 6.42 Å². The molecule has 2 N–H and O–H groups in total. The highest BCUT2D eigenvalue weighted by atomic mass is 16.2. The van der Waals surface area contributed by atoms with E-state index in [1.807, 2.05) is 13.8 Å². The minimum atomic E-state index is -0.0954. The Balaban J connectivity index is 2.75. The summed E-state index contributed by atoms with van der Waals surface area (Å²) >= 11 is 0. The standard InChI is InChI=1S/C15H24N2O/c1-6-7-16-15(18)17-13(5)14-9-11(3)10(2)8-12(14)4/h8-9,13H,6-7H2,1-5H3,(H2,16,17,18)/t13-/m1/s1. The molecule has 0 spiro atoms. The van der Waals surface area contributed by atoms with Crippen molar-refractivity contribution in [3.8, 4) is 0 Å². The molecule has 1 aromatic rings. The van der Waals surface area contributed by atoms with Crippen LogP contribution in [0.25, 0.3) is 0 Å². The third kappa shape index (κ3) is 3.76. The van der Waals surface area contributed by atoms with E-state index in [9.17, 15) is 4.79 Å². The van der Waals surface area contributed by atoms with Crippen LogP contribution in [-0.2, 0) is 0 Å². The molecule has 0 aliphatic heterocycles. The molecule has 1 atom stereocenters. The Bertz CT molecular complexity index is 427. The van der Waals surface area contributed by atoms with Gasteiger partial charge in [-0.2, -0.15) is 0 Å². The van der Waals surface area contributed by atoms with E-state index in [1.54, 1.807) is 0 Å². The second kappa shape index (κ2) is 6.43. The van der Waals surface area contributed by atoms with Gasteiger partial charge in [0.1, 0.15) is 0 Å². The van der Waals surface area contributed by atoms with Gasteiger partial charge < -0.3 is 10.6 Å². The van der Waals surface area contributed by atoms with Crippen LogP contribution in [0.2, 0.25) is 0 Å². The Morgan fingerprint density at radius 2 is 1.78 bits per heavy atom. The van der Waals surface area contributed by atoms with Crippen molar-refractivity contribution < 1.29 is 4.79 Å². The van der Waals surface area contributed by atoms with Crippen molar-refractivity contribution in [3.05, 3.63) is 34.4 Å². The molecule has 0 heterocycles. The molecule has 3 nitrogen and oxygen atoms in total. The average Bonchev–Trinajstić information content (AvgIpc) is 2.31. The first kappa shape index (κ1) is 14.6. The van der Waals surface area contributed by atoms with E-state index in [4.69, 9.17) is 0 Å². The predicted octanol–water partition coefficient (Wildman–Crippen LogP) is 3.38. The molecule has 3 heteroatoms. The molecule has 100 valence electrons. The molecule has 0 aromatic heterocycles. The van der Waals surface area contributed by atoms with Crippen molar-refractivity contribution >= 4 is 6.03 Å². The zero-order valence-electron chi connectivity index (χ0n) is 12.1. The van der Waals surface area contributed by atoms with Gasteiger partial charge in [0.05, 0.1) is 6.04 Å². The molecule has 0 saturated carbocycles. The van der Waals surface area contributed by atoms with E-state index in [-0.39, 0.29) is 12.1 Å². The monoisotopic (exact) mass is 248 g/mol. The van der Waals surface area contributed by atoms with Crippen LogP contribution in [-0.4, -0.2) is 12.6 Å². The lowest BCUT2D eigenvalue weighted by molar-refractivity contribution is 0.238. The molecule has 0 saturated heterocycles. The van der Waals surface area contributed by atoms with E-state index >= 15 is 0 Å². The number of urea groups is 1. The smallest absolute Gasteiger partial charge is 0.315 e. The summed E-state index contributed by atoms with van der Waals surface area (Å²) in [5, 5.41) is 5.80. The molecular formula is C15H24N2O. The number of hydrogen-bond donors (Lipinski definition) is 2. The third-order valence-electron chi connectivity index (χ3n) is 3.23. The van der Waals surface area contributed by atoms with Gasteiger partial charge in [-0.1, -0.05) is 19.1 Å². The van der Waals surface area contributed by atoms with Gasteiger partial charge in [0.15, 0.2) is 0 Å². The fourth-order valence-corrected chi connectivity index (χ4v) is 2.01. The molecule has 0 aliphatic rings. The van der Waals surface area contributed by atoms with E-state index in [1.165, 1.54) is 22.3 Å². The summed E-state index contributed by atoms with van der Waals surface area (Å²) in [6.07, 6.45) is 0.949. The Morgan fingerprint density at radius 1 is 1.17 bits per heavy atom. The number of carbonyl (C=O) groups is 1. The normalized spacial score (nSPS) is 12.1. The lowest BCUT2D eigenvalue weighted by atomic mass is 9.97. The zero-order chi connectivity index (χ0) is 13.7. The van der Waals surface area contributed by atoms with Gasteiger partial charge >= 0.3 is 6.03 Å². The number of rotatable bonds is 4. The summed E-state index contributed by atoms with van der Waals surface area (Å²) < 4.78 is 0. The molecule has 0 aliphatic carbocycles. The van der Waals surface area contributed by atoms with Gasteiger partial charge in [-0.3, -0.25) is 0 Å². The average molecular weight is 248 g/mol. The van der Waals surface area contributed by atoms with Crippen molar-refractivity contribution in [2.45, 2.75) is 47.1 Å². The number of hydrogen-bond acceptors (Lipinski definition) is 1. The van der Waals surface area contributed by atoms with Gasteiger partial charge in [0.2, 0.25) is 0 Å². The topological polar surface area (TPSA) is 41.1 Å². The van der Waals surface area contributed by atoms with Crippen molar-refractivity contribution in [1.29, 1.82) is 0 Å². The molecule has 0 radical (unpaired) electrons. The van der Waals surface area contributed by atoms with Gasteiger partial charge in [0, 0.05) is 6.54 Å². The molecule has 18 heavy (non-hydrogen) atoms. The molecule has 0 bridgehead atoms. The van der Waals surface area contributed by atoms with E-state index in [0.29, 0.717) is 6.54 Å². The second-order valence-electron chi connectivity index (χ2n) is 4.91. The third-order valence-corrected chi connectivity index (χ3v) is 3.23. The SMILES string of the molecule is CCCNC(=O)N[C@H](C)c1cc(C)c(C)cc1C. The highest BCUT2D eigenvalue weighted by Gasteiger charge is 2.12. The summed E-state index contributed by atoms with van der Waals surface area (Å²) in [6, 6.07) is 4.27. The maximum Gasteiger partial charge on any atom is 0.315 e. The van der Waals surface area contributed by atoms with E-state index in [2.05, 4.69) is 43.5 Å². The van der Waals surface area contributed by atoms with Crippen LogP contribution in [0.4, 0.5) is 4.79 Å². The van der Waals surface area contributed by atoms with Gasteiger partial charge in [-0.25, -0.2) is 4.79 Å². The van der Waals surface area contributed by atoms with Crippen LogP contribution in [0.15, 0.2) is 12.1 Å². The minimum Gasteiger partial charge on any atom is -0.338 e. The number of carbonyl (C=O) groups excluding carboxylic acids is 1. The number of aryl methyl sites for hydroxylation is 3. The molecule has 0 fully saturated rings. The maximum atomic E-state index is 11.6. The molecule has 1 aromatic carbocycles. The van der Waals surface area contributed by atoms with Crippen LogP contribution in [0, 0.1) is 20.8 Å². The van der Waals surface area contributed by atoms with Gasteiger partial charge in [-0.15, -0.1) is 0 Å². The largest absolute Gasteiger partial charge is 0.338 e. The minimum absolute atomic E-state index is 0.0288. The number of nitrogens with one attached hydrogen (secondary N) is 2. The van der Waals surface area contributed by atoms with Crippen molar-refractivity contribution in [2.75, 3.05) is 6.54 Å². The van der Waals surface area contributed by atoms with Gasteiger partial charge in [-0.05, 0) is 56.4 Å². The molecule has 0 unspecified atom stereocenters. The van der Waals surface area contributed by atoms with Crippen molar-refractivity contribution in [1.82, 2.24) is 10.6 Å². The van der Waals surface area contributed by atoms with Crippen LogP contribution >= 0.6 is 0 Å². The molecule has 2 amide bonds. The first-order valence-corrected chi connectivity index (χ1v) is 6.57. The van der Waals surface area contributed by atoms with E-state index < -0.39 is 0 Å². The van der Waals surface area contributed by atoms with Crippen LogP contribution < -0.4 is 10.6 Å². The lowest BCUT2D eigenvalue weighted by Gasteiger charge is -2.18.